The minimum absolute atomic E-state index is 0.0224. The van der Waals surface area contributed by atoms with Gasteiger partial charge in [0.15, 0.2) is 0 Å². The number of aryl methyl sites for hydroxylation is 1. The van der Waals surface area contributed by atoms with Crippen molar-refractivity contribution in [1.29, 1.82) is 5.26 Å². The van der Waals surface area contributed by atoms with Gasteiger partial charge in [0.2, 0.25) is 0 Å². The third-order valence-corrected chi connectivity index (χ3v) is 3.59. The molecule has 3 aromatic rings. The average Bonchev–Trinajstić information content (AvgIpc) is 2.59. The van der Waals surface area contributed by atoms with Gasteiger partial charge in [-0.05, 0) is 31.2 Å². The van der Waals surface area contributed by atoms with Gasteiger partial charge in [0.1, 0.15) is 5.75 Å². The van der Waals surface area contributed by atoms with Crippen molar-refractivity contribution in [3.05, 3.63) is 79.1 Å². The SMILES string of the molecule is Cc1cc(=O)n(Cc2ccc(=O)[nH]n2)c(Oc2cc(Cl)cc(C#N)c2)n1. The Morgan fingerprint density at radius 2 is 2.08 bits per heavy atom. The van der Waals surface area contributed by atoms with Gasteiger partial charge in [-0.15, -0.1) is 0 Å². The van der Waals surface area contributed by atoms with Gasteiger partial charge in [-0.2, -0.15) is 10.4 Å². The van der Waals surface area contributed by atoms with E-state index in [-0.39, 0.29) is 29.4 Å². The lowest BCUT2D eigenvalue weighted by molar-refractivity contribution is 0.401. The van der Waals surface area contributed by atoms with Crippen molar-refractivity contribution in [3.8, 4) is 17.8 Å². The van der Waals surface area contributed by atoms with Gasteiger partial charge in [-0.25, -0.2) is 10.1 Å². The van der Waals surface area contributed by atoms with Gasteiger partial charge in [-0.3, -0.25) is 14.2 Å². The number of halogens is 1. The molecule has 0 saturated carbocycles. The van der Waals surface area contributed by atoms with Crippen molar-refractivity contribution in [3.63, 3.8) is 0 Å². The highest BCUT2D eigenvalue weighted by atomic mass is 35.5. The molecule has 26 heavy (non-hydrogen) atoms. The van der Waals surface area contributed by atoms with Crippen LogP contribution in [0.15, 0.2) is 46.0 Å². The fraction of sp³-hybridized carbons (Fsp3) is 0.118. The molecule has 0 saturated heterocycles. The highest BCUT2D eigenvalue weighted by Gasteiger charge is 2.12. The van der Waals surface area contributed by atoms with Gasteiger partial charge in [0.05, 0.1) is 23.9 Å². The average molecular weight is 370 g/mol. The lowest BCUT2D eigenvalue weighted by Gasteiger charge is -2.13. The van der Waals surface area contributed by atoms with Crippen molar-refractivity contribution in [2.45, 2.75) is 13.5 Å². The molecule has 0 fully saturated rings. The molecule has 0 spiro atoms. The number of hydrogen-bond acceptors (Lipinski definition) is 6. The summed E-state index contributed by atoms with van der Waals surface area (Å²) in [5.41, 5.74) is 0.547. The Hall–Kier alpha value is -3.44. The first kappa shape index (κ1) is 17.4. The van der Waals surface area contributed by atoms with Crippen molar-refractivity contribution >= 4 is 11.6 Å². The number of rotatable bonds is 4. The van der Waals surface area contributed by atoms with Crippen LogP contribution in [0.1, 0.15) is 17.0 Å². The van der Waals surface area contributed by atoms with E-state index in [1.54, 1.807) is 6.92 Å². The van der Waals surface area contributed by atoms with Crippen LogP contribution < -0.4 is 15.9 Å². The minimum Gasteiger partial charge on any atom is -0.425 e. The molecule has 0 amide bonds. The molecule has 0 atom stereocenters. The maximum absolute atomic E-state index is 12.4. The lowest BCUT2D eigenvalue weighted by atomic mass is 10.2. The quantitative estimate of drug-likeness (QED) is 0.752. The summed E-state index contributed by atoms with van der Waals surface area (Å²) in [7, 11) is 0. The van der Waals surface area contributed by atoms with Crippen molar-refractivity contribution in [2.24, 2.45) is 0 Å². The number of aromatic nitrogens is 4. The van der Waals surface area contributed by atoms with Gasteiger partial charge in [0, 0.05) is 22.8 Å². The Labute approximate surface area is 152 Å². The smallest absolute Gasteiger partial charge is 0.305 e. The normalized spacial score (nSPS) is 10.3. The van der Waals surface area contributed by atoms with Crippen molar-refractivity contribution in [1.82, 2.24) is 19.7 Å². The van der Waals surface area contributed by atoms with Crippen LogP contribution in [-0.2, 0) is 6.54 Å². The number of ether oxygens (including phenoxy) is 1. The monoisotopic (exact) mass is 369 g/mol. The second kappa shape index (κ2) is 7.21. The van der Waals surface area contributed by atoms with E-state index in [0.29, 0.717) is 22.0 Å². The largest absolute Gasteiger partial charge is 0.425 e. The fourth-order valence-electron chi connectivity index (χ4n) is 2.23. The Bertz CT molecular complexity index is 1110. The summed E-state index contributed by atoms with van der Waals surface area (Å²) in [5.74, 6) is 0.273. The van der Waals surface area contributed by atoms with Crippen LogP contribution >= 0.6 is 11.6 Å². The lowest BCUT2D eigenvalue weighted by Crippen LogP contribution is -2.24. The van der Waals surface area contributed by atoms with E-state index in [9.17, 15) is 9.59 Å². The molecule has 130 valence electrons. The van der Waals surface area contributed by atoms with Crippen molar-refractivity contribution in [2.75, 3.05) is 0 Å². The number of nitrogens with one attached hydrogen (secondary N) is 1. The summed E-state index contributed by atoms with van der Waals surface area (Å²) in [6.07, 6.45) is 0. The summed E-state index contributed by atoms with van der Waals surface area (Å²) < 4.78 is 6.97. The Morgan fingerprint density at radius 1 is 1.27 bits per heavy atom. The predicted molar refractivity (Wildman–Crippen MR) is 93.4 cm³/mol. The van der Waals surface area contributed by atoms with Gasteiger partial charge >= 0.3 is 6.01 Å². The van der Waals surface area contributed by atoms with E-state index in [2.05, 4.69) is 15.2 Å². The standard InChI is InChI=1S/C17H12ClN5O3/c1-10-4-16(25)23(9-13-2-3-15(24)22-21-13)17(20-10)26-14-6-11(8-19)5-12(18)7-14/h2-7H,9H2,1H3,(H,22,24). The molecule has 0 unspecified atom stereocenters. The molecule has 0 aliphatic rings. The summed E-state index contributed by atoms with van der Waals surface area (Å²) in [4.78, 5) is 27.7. The molecule has 0 bridgehead atoms. The number of hydrogen-bond donors (Lipinski definition) is 1. The third-order valence-electron chi connectivity index (χ3n) is 3.37. The van der Waals surface area contributed by atoms with E-state index in [4.69, 9.17) is 21.6 Å². The molecular weight excluding hydrogens is 358 g/mol. The molecule has 0 aliphatic heterocycles. The zero-order valence-corrected chi connectivity index (χ0v) is 14.3. The molecule has 2 aromatic heterocycles. The Kier molecular flexibility index (Phi) is 4.82. The molecule has 1 aromatic carbocycles. The Morgan fingerprint density at radius 3 is 2.77 bits per heavy atom. The summed E-state index contributed by atoms with van der Waals surface area (Å²) in [6.45, 7) is 1.71. The first-order valence-corrected chi connectivity index (χ1v) is 7.84. The molecular formula is C17H12ClN5O3. The van der Waals surface area contributed by atoms with E-state index in [1.807, 2.05) is 6.07 Å². The third kappa shape index (κ3) is 3.96. The first-order chi connectivity index (χ1) is 12.4. The highest BCUT2D eigenvalue weighted by molar-refractivity contribution is 6.30. The summed E-state index contributed by atoms with van der Waals surface area (Å²) in [5, 5.41) is 15.6. The predicted octanol–water partition coefficient (Wildman–Crippen LogP) is 2.00. The maximum Gasteiger partial charge on any atom is 0.305 e. The highest BCUT2D eigenvalue weighted by Crippen LogP contribution is 2.25. The number of benzene rings is 1. The second-order valence-electron chi connectivity index (χ2n) is 5.41. The van der Waals surface area contributed by atoms with E-state index >= 15 is 0 Å². The zero-order valence-electron chi connectivity index (χ0n) is 13.6. The van der Waals surface area contributed by atoms with E-state index in [0.717, 1.165) is 0 Å². The first-order valence-electron chi connectivity index (χ1n) is 7.46. The van der Waals surface area contributed by atoms with E-state index in [1.165, 1.54) is 41.0 Å². The number of aromatic amines is 1. The van der Waals surface area contributed by atoms with Gasteiger partial charge in [-0.1, -0.05) is 11.6 Å². The number of H-pyrrole nitrogens is 1. The van der Waals surface area contributed by atoms with Gasteiger partial charge in [0.25, 0.3) is 11.1 Å². The van der Waals surface area contributed by atoms with Crippen LogP contribution in [0.25, 0.3) is 0 Å². The summed E-state index contributed by atoms with van der Waals surface area (Å²) >= 11 is 5.98. The van der Waals surface area contributed by atoms with Crippen LogP contribution in [0.5, 0.6) is 11.8 Å². The van der Waals surface area contributed by atoms with Crippen LogP contribution in [0, 0.1) is 18.3 Å². The molecule has 8 nitrogen and oxygen atoms in total. The molecule has 3 rings (SSSR count). The maximum atomic E-state index is 12.4. The fourth-order valence-corrected chi connectivity index (χ4v) is 2.46. The van der Waals surface area contributed by atoms with E-state index < -0.39 is 0 Å². The van der Waals surface area contributed by atoms with Crippen molar-refractivity contribution < 1.29 is 4.74 Å². The van der Waals surface area contributed by atoms with Crippen LogP contribution in [0.4, 0.5) is 0 Å². The molecule has 9 heteroatoms. The molecule has 0 radical (unpaired) electrons. The Balaban J connectivity index is 2.02. The van der Waals surface area contributed by atoms with Crippen LogP contribution in [0.3, 0.4) is 0 Å². The van der Waals surface area contributed by atoms with Gasteiger partial charge < -0.3 is 4.74 Å². The zero-order chi connectivity index (χ0) is 18.7. The molecule has 1 N–H and O–H groups in total. The molecule has 0 aliphatic carbocycles. The summed E-state index contributed by atoms with van der Waals surface area (Å²) in [6, 6.07) is 10.7. The molecule has 2 heterocycles. The minimum atomic E-state index is -0.345. The number of nitriles is 1. The van der Waals surface area contributed by atoms with Crippen LogP contribution in [0.2, 0.25) is 5.02 Å². The topological polar surface area (TPSA) is 114 Å². The second-order valence-corrected chi connectivity index (χ2v) is 5.84. The number of nitrogens with zero attached hydrogens (tertiary/aromatic N) is 4. The van der Waals surface area contributed by atoms with Crippen LogP contribution in [-0.4, -0.2) is 19.7 Å².